The zero-order valence-electron chi connectivity index (χ0n) is 24.1. The topological polar surface area (TPSA) is 54.4 Å². The number of anilines is 1. The van der Waals surface area contributed by atoms with Crippen molar-refractivity contribution in [2.24, 2.45) is 4.99 Å². The van der Waals surface area contributed by atoms with Gasteiger partial charge in [-0.3, -0.25) is 4.79 Å². The predicted octanol–water partition coefficient (Wildman–Crippen LogP) is 7.20. The van der Waals surface area contributed by atoms with Crippen LogP contribution < -0.4 is 14.4 Å². The van der Waals surface area contributed by atoms with E-state index in [1.165, 1.54) is 31.0 Å². The van der Waals surface area contributed by atoms with Gasteiger partial charge in [0.05, 0.1) is 23.9 Å². The van der Waals surface area contributed by atoms with Crippen LogP contribution in [0.4, 0.5) is 36.4 Å². The van der Waals surface area contributed by atoms with Crippen LogP contribution in [0.3, 0.4) is 0 Å². The van der Waals surface area contributed by atoms with Gasteiger partial charge in [0, 0.05) is 31.7 Å². The number of nitrogens with zero attached hydrogens (tertiary/aromatic N) is 3. The molecule has 6 nitrogen and oxygen atoms in total. The largest absolute Gasteiger partial charge is 0.493 e. The second kappa shape index (κ2) is 12.5. The molecule has 45 heavy (non-hydrogen) atoms. The van der Waals surface area contributed by atoms with Gasteiger partial charge in [0.1, 0.15) is 17.2 Å². The lowest BCUT2D eigenvalue weighted by atomic mass is 9.99. The minimum absolute atomic E-state index is 0.0648. The third kappa shape index (κ3) is 7.15. The molecule has 2 heterocycles. The highest BCUT2D eigenvalue weighted by molar-refractivity contribution is 8.16. The van der Waals surface area contributed by atoms with Gasteiger partial charge in [-0.25, -0.2) is 4.39 Å². The zero-order chi connectivity index (χ0) is 32.6. The number of hydrogen-bond acceptors (Lipinski definition) is 6. The lowest BCUT2D eigenvalue weighted by Crippen LogP contribution is -2.48. The fourth-order valence-electron chi connectivity index (χ4n) is 5.20. The van der Waals surface area contributed by atoms with Crippen molar-refractivity contribution >= 4 is 28.5 Å². The number of aliphatic imine (C=N–C) groups is 1. The molecule has 0 aliphatic carbocycles. The summed E-state index contributed by atoms with van der Waals surface area (Å²) in [6, 6.07) is 12.7. The summed E-state index contributed by atoms with van der Waals surface area (Å²) in [6.07, 6.45) is -9.70. The summed E-state index contributed by atoms with van der Waals surface area (Å²) in [6.45, 7) is 3.33. The SMILES string of the molecule is COc1cc(CC2(C)SC(N3CCN(c4ccccc4F)CC3)=NC2=O)ccc1OCc1ccc(C(F)(F)F)cc1C(F)(F)F. The molecule has 0 N–H and O–H groups in total. The van der Waals surface area contributed by atoms with Crippen molar-refractivity contribution in [3.8, 4) is 11.5 Å². The lowest BCUT2D eigenvalue weighted by Gasteiger charge is -2.37. The molecule has 1 fully saturated rings. The van der Waals surface area contributed by atoms with Crippen molar-refractivity contribution in [1.82, 2.24) is 4.90 Å². The predicted molar refractivity (Wildman–Crippen MR) is 156 cm³/mol. The second-order valence-corrected chi connectivity index (χ2v) is 12.2. The number of alkyl halides is 6. The minimum atomic E-state index is -5.02. The number of benzene rings is 3. The maximum absolute atomic E-state index is 14.2. The van der Waals surface area contributed by atoms with Gasteiger partial charge in [0.2, 0.25) is 0 Å². The Kier molecular flexibility index (Phi) is 8.98. The number of thioether (sulfide) groups is 1. The molecule has 240 valence electrons. The van der Waals surface area contributed by atoms with Crippen molar-refractivity contribution in [3.05, 3.63) is 88.7 Å². The van der Waals surface area contributed by atoms with Gasteiger partial charge in [0.25, 0.3) is 5.91 Å². The summed E-state index contributed by atoms with van der Waals surface area (Å²) in [5.74, 6) is -0.356. The van der Waals surface area contributed by atoms with Gasteiger partial charge >= 0.3 is 12.4 Å². The molecule has 0 aromatic heterocycles. The molecule has 14 heteroatoms. The highest BCUT2D eigenvalue weighted by Gasteiger charge is 2.43. The molecule has 1 unspecified atom stereocenters. The van der Waals surface area contributed by atoms with E-state index < -0.39 is 40.4 Å². The molecule has 1 atom stereocenters. The smallest absolute Gasteiger partial charge is 0.416 e. The molecule has 0 saturated carbocycles. The van der Waals surface area contributed by atoms with Crippen LogP contribution >= 0.6 is 11.8 Å². The molecule has 2 aliphatic heterocycles. The van der Waals surface area contributed by atoms with Crippen LogP contribution in [0.25, 0.3) is 0 Å². The van der Waals surface area contributed by atoms with Crippen molar-refractivity contribution in [2.75, 3.05) is 38.2 Å². The summed E-state index contributed by atoms with van der Waals surface area (Å²) in [5.41, 5.74) is -2.12. The number of halogens is 7. The normalized spacial score (nSPS) is 19.1. The molecule has 5 rings (SSSR count). The van der Waals surface area contributed by atoms with E-state index in [0.29, 0.717) is 48.7 Å². The Morgan fingerprint density at radius 2 is 1.58 bits per heavy atom. The van der Waals surface area contributed by atoms with E-state index in [-0.39, 0.29) is 35.7 Å². The van der Waals surface area contributed by atoms with Crippen molar-refractivity contribution in [2.45, 2.75) is 37.1 Å². The molecule has 1 saturated heterocycles. The third-order valence-electron chi connectivity index (χ3n) is 7.60. The highest BCUT2D eigenvalue weighted by atomic mass is 32.2. The maximum Gasteiger partial charge on any atom is 0.416 e. The van der Waals surface area contributed by atoms with Crippen molar-refractivity contribution < 1.29 is 45.0 Å². The Labute approximate surface area is 258 Å². The second-order valence-electron chi connectivity index (χ2n) is 10.8. The Hall–Kier alpha value is -3.94. The molecule has 1 amide bonds. The highest BCUT2D eigenvalue weighted by Crippen LogP contribution is 2.41. The average molecular weight is 656 g/mol. The summed E-state index contributed by atoms with van der Waals surface area (Å²) in [5, 5.41) is 0.583. The van der Waals surface area contributed by atoms with Crippen LogP contribution in [-0.2, 0) is 30.2 Å². The third-order valence-corrected chi connectivity index (χ3v) is 8.91. The molecule has 0 spiro atoms. The standard InChI is InChI=1S/C31H28F7N3O3S/c1-29(27(42)39-28(45-29)41-13-11-40(12-14-41)24-6-4-3-5-23(24)32)17-19-7-10-25(26(15-19)43-2)44-18-20-8-9-21(30(33,34)35)16-22(20)31(36,37)38/h3-10,15-16H,11-14,17-18H2,1-2H3. The summed E-state index contributed by atoms with van der Waals surface area (Å²) < 4.78 is 104. The first-order chi connectivity index (χ1) is 21.2. The van der Waals surface area contributed by atoms with Crippen LogP contribution in [0.15, 0.2) is 65.7 Å². The number of para-hydroxylation sites is 1. The molecular formula is C31H28F7N3O3S. The number of carbonyl (C=O) groups is 1. The van der Waals surface area contributed by atoms with Gasteiger partial charge in [-0.15, -0.1) is 0 Å². The van der Waals surface area contributed by atoms with E-state index in [1.54, 1.807) is 37.3 Å². The number of amides is 1. The summed E-state index contributed by atoms with van der Waals surface area (Å²) >= 11 is 1.33. The number of methoxy groups -OCH3 is 1. The monoisotopic (exact) mass is 655 g/mol. The summed E-state index contributed by atoms with van der Waals surface area (Å²) in [7, 11) is 1.34. The first-order valence-corrected chi connectivity index (χ1v) is 14.6. The number of ether oxygens (including phenoxy) is 2. The number of hydrogen-bond donors (Lipinski definition) is 0. The zero-order valence-corrected chi connectivity index (χ0v) is 25.0. The van der Waals surface area contributed by atoms with Crippen LogP contribution in [0, 0.1) is 5.82 Å². The number of rotatable bonds is 7. The van der Waals surface area contributed by atoms with E-state index in [1.807, 2.05) is 9.80 Å². The van der Waals surface area contributed by atoms with Crippen LogP contribution in [0.1, 0.15) is 29.2 Å². The van der Waals surface area contributed by atoms with Gasteiger partial charge in [-0.1, -0.05) is 36.0 Å². The van der Waals surface area contributed by atoms with E-state index in [2.05, 4.69) is 4.99 Å². The molecular weight excluding hydrogens is 627 g/mol. The Balaban J connectivity index is 1.24. The number of piperazine rings is 1. The van der Waals surface area contributed by atoms with Gasteiger partial charge in [0.15, 0.2) is 16.7 Å². The number of carbonyl (C=O) groups excluding carboxylic acids is 1. The van der Waals surface area contributed by atoms with E-state index in [4.69, 9.17) is 9.47 Å². The Bertz CT molecular complexity index is 1600. The van der Waals surface area contributed by atoms with Crippen LogP contribution in [-0.4, -0.2) is 54.0 Å². The first kappa shape index (κ1) is 32.5. The van der Waals surface area contributed by atoms with E-state index in [0.717, 1.165) is 6.07 Å². The summed E-state index contributed by atoms with van der Waals surface area (Å²) in [4.78, 5) is 21.3. The molecule has 0 bridgehead atoms. The fourth-order valence-corrected chi connectivity index (χ4v) is 6.41. The van der Waals surface area contributed by atoms with E-state index in [9.17, 15) is 35.5 Å². The first-order valence-electron chi connectivity index (χ1n) is 13.8. The average Bonchev–Trinajstić information content (AvgIpc) is 3.28. The molecule has 0 radical (unpaired) electrons. The molecule has 3 aromatic carbocycles. The van der Waals surface area contributed by atoms with Gasteiger partial charge in [-0.2, -0.15) is 31.3 Å². The Morgan fingerprint density at radius 1 is 0.889 bits per heavy atom. The van der Waals surface area contributed by atoms with Crippen LogP contribution in [0.2, 0.25) is 0 Å². The Morgan fingerprint density at radius 3 is 2.22 bits per heavy atom. The van der Waals surface area contributed by atoms with Gasteiger partial charge in [-0.05, 0) is 55.3 Å². The fraction of sp³-hybridized carbons (Fsp3) is 0.355. The van der Waals surface area contributed by atoms with Crippen LogP contribution in [0.5, 0.6) is 11.5 Å². The quantitative estimate of drug-likeness (QED) is 0.251. The molecule has 3 aromatic rings. The maximum atomic E-state index is 14.2. The van der Waals surface area contributed by atoms with Gasteiger partial charge < -0.3 is 19.3 Å². The molecule has 2 aliphatic rings. The number of amidine groups is 1. The minimum Gasteiger partial charge on any atom is -0.493 e. The van der Waals surface area contributed by atoms with Crippen molar-refractivity contribution in [1.29, 1.82) is 0 Å². The lowest BCUT2D eigenvalue weighted by molar-refractivity contribution is -0.143. The van der Waals surface area contributed by atoms with Crippen molar-refractivity contribution in [3.63, 3.8) is 0 Å². The van der Waals surface area contributed by atoms with E-state index >= 15 is 0 Å².